The first-order chi connectivity index (χ1) is 11.4. The summed E-state index contributed by atoms with van der Waals surface area (Å²) in [6.45, 7) is 4.08. The Morgan fingerprint density at radius 1 is 1.38 bits per heavy atom. The third-order valence-corrected chi connectivity index (χ3v) is 7.38. The number of hydrogen-bond donors (Lipinski definition) is 2. The van der Waals surface area contributed by atoms with Crippen molar-refractivity contribution in [3.8, 4) is 0 Å². The molecule has 0 radical (unpaired) electrons. The molecule has 0 aromatic heterocycles. The van der Waals surface area contributed by atoms with Crippen LogP contribution in [0.4, 0.5) is 0 Å². The number of carbonyl (C=O) groups is 1. The van der Waals surface area contributed by atoms with Gasteiger partial charge in [0, 0.05) is 17.5 Å². The fourth-order valence-electron chi connectivity index (χ4n) is 2.60. The summed E-state index contributed by atoms with van der Waals surface area (Å²) < 4.78 is 24.8. The molecular formula is C17H26N2O3S2. The molecule has 1 aromatic carbocycles. The van der Waals surface area contributed by atoms with Crippen molar-refractivity contribution in [3.63, 3.8) is 0 Å². The summed E-state index contributed by atoms with van der Waals surface area (Å²) in [6, 6.07) is 6.92. The number of nitrogens with one attached hydrogen (secondary N) is 1. The van der Waals surface area contributed by atoms with Gasteiger partial charge in [-0.3, -0.25) is 4.79 Å². The van der Waals surface area contributed by atoms with E-state index in [4.69, 9.17) is 5.73 Å². The van der Waals surface area contributed by atoms with Crippen LogP contribution in [0.2, 0.25) is 0 Å². The van der Waals surface area contributed by atoms with E-state index in [1.165, 1.54) is 11.8 Å². The third-order valence-electron chi connectivity index (χ3n) is 4.10. The van der Waals surface area contributed by atoms with Gasteiger partial charge < -0.3 is 11.1 Å². The van der Waals surface area contributed by atoms with Gasteiger partial charge in [-0.05, 0) is 44.2 Å². The van der Waals surface area contributed by atoms with Crippen LogP contribution in [0.15, 0.2) is 34.1 Å². The first-order valence-electron chi connectivity index (χ1n) is 8.38. The summed E-state index contributed by atoms with van der Waals surface area (Å²) in [6.07, 6.45) is 2.79. The van der Waals surface area contributed by atoms with Crippen molar-refractivity contribution in [2.24, 2.45) is 11.7 Å². The van der Waals surface area contributed by atoms with Gasteiger partial charge in [0.15, 0.2) is 9.84 Å². The maximum Gasteiger partial charge on any atom is 0.233 e. The highest BCUT2D eigenvalue weighted by molar-refractivity contribution is 8.01. The van der Waals surface area contributed by atoms with Crippen LogP contribution in [-0.2, 0) is 14.6 Å². The van der Waals surface area contributed by atoms with Crippen molar-refractivity contribution < 1.29 is 13.2 Å². The molecule has 5 nitrogen and oxygen atoms in total. The van der Waals surface area contributed by atoms with Crippen molar-refractivity contribution in [1.82, 2.24) is 5.32 Å². The first-order valence-corrected chi connectivity index (χ1v) is 10.9. The molecule has 0 saturated heterocycles. The second-order valence-corrected chi connectivity index (χ2v) is 9.67. The number of rotatable bonds is 9. The van der Waals surface area contributed by atoms with Crippen LogP contribution in [0.3, 0.4) is 0 Å². The molecule has 1 aromatic rings. The molecule has 1 amide bonds. The summed E-state index contributed by atoms with van der Waals surface area (Å²) in [5.74, 6) is 0.514. The van der Waals surface area contributed by atoms with Crippen LogP contribution in [0.5, 0.6) is 0 Å². The topological polar surface area (TPSA) is 89.3 Å². The lowest BCUT2D eigenvalue weighted by molar-refractivity contribution is -0.121. The van der Waals surface area contributed by atoms with Gasteiger partial charge in [0.1, 0.15) is 0 Å². The van der Waals surface area contributed by atoms with Crippen molar-refractivity contribution >= 4 is 27.5 Å². The molecule has 2 atom stereocenters. The smallest absolute Gasteiger partial charge is 0.233 e. The lowest BCUT2D eigenvalue weighted by Gasteiger charge is -2.20. The Morgan fingerprint density at radius 3 is 2.62 bits per heavy atom. The molecule has 1 aliphatic carbocycles. The van der Waals surface area contributed by atoms with Gasteiger partial charge in [-0.15, -0.1) is 11.8 Å². The summed E-state index contributed by atoms with van der Waals surface area (Å²) in [7, 11) is -3.32. The first kappa shape index (κ1) is 19.3. The Labute approximate surface area is 148 Å². The van der Waals surface area contributed by atoms with E-state index in [1.54, 1.807) is 31.2 Å². The fraction of sp³-hybridized carbons (Fsp3) is 0.588. The molecule has 1 aliphatic rings. The molecule has 24 heavy (non-hydrogen) atoms. The summed E-state index contributed by atoms with van der Waals surface area (Å²) in [5, 5.41) is 2.62. The highest BCUT2D eigenvalue weighted by atomic mass is 32.2. The lowest BCUT2D eigenvalue weighted by atomic mass is 10.2. The Morgan fingerprint density at radius 2 is 2.04 bits per heavy atom. The van der Waals surface area contributed by atoms with Gasteiger partial charge in [-0.2, -0.15) is 0 Å². The third kappa shape index (κ3) is 4.97. The number of carbonyl (C=O) groups excluding carboxylic acids is 1. The molecule has 1 fully saturated rings. The van der Waals surface area contributed by atoms with Gasteiger partial charge in [0.05, 0.1) is 15.9 Å². The molecule has 0 aliphatic heterocycles. The predicted molar refractivity (Wildman–Crippen MR) is 97.8 cm³/mol. The van der Waals surface area contributed by atoms with Crippen molar-refractivity contribution in [2.45, 2.75) is 54.2 Å². The van der Waals surface area contributed by atoms with Gasteiger partial charge in [0.25, 0.3) is 0 Å². The largest absolute Gasteiger partial charge is 0.351 e. The second kappa shape index (κ2) is 8.36. The standard InChI is InChI=1S/C17H26N2O3S2/c1-3-10-24(21,22)16-7-5-4-6-15(16)23-12(2)17(20)19-14(11-18)13-8-9-13/h4-7,12-14H,3,8-11,18H2,1-2H3,(H,19,20). The van der Waals surface area contributed by atoms with Crippen LogP contribution in [0.25, 0.3) is 0 Å². The Balaban J connectivity index is 2.08. The average molecular weight is 371 g/mol. The van der Waals surface area contributed by atoms with E-state index in [0.717, 1.165) is 12.8 Å². The molecule has 0 bridgehead atoms. The average Bonchev–Trinajstić information content (AvgIpc) is 3.37. The number of amides is 1. The molecule has 1 saturated carbocycles. The normalized spacial score (nSPS) is 17.3. The number of benzene rings is 1. The number of nitrogens with two attached hydrogens (primary N) is 1. The minimum absolute atomic E-state index is 0.0274. The Hall–Kier alpha value is -1.05. The molecule has 0 heterocycles. The molecule has 0 spiro atoms. The summed E-state index contributed by atoms with van der Waals surface area (Å²) >= 11 is 1.28. The van der Waals surface area contributed by atoms with E-state index >= 15 is 0 Å². The van der Waals surface area contributed by atoms with E-state index in [9.17, 15) is 13.2 Å². The summed E-state index contributed by atoms with van der Waals surface area (Å²) in [4.78, 5) is 13.3. The van der Waals surface area contributed by atoms with Crippen molar-refractivity contribution in [2.75, 3.05) is 12.3 Å². The second-order valence-electron chi connectivity index (χ2n) is 6.21. The fourth-order valence-corrected chi connectivity index (χ4v) is 5.44. The number of thioether (sulfide) groups is 1. The minimum atomic E-state index is -3.32. The van der Waals surface area contributed by atoms with Crippen LogP contribution in [-0.4, -0.2) is 37.9 Å². The lowest BCUT2D eigenvalue weighted by Crippen LogP contribution is -2.44. The zero-order chi connectivity index (χ0) is 17.7. The van der Waals surface area contributed by atoms with Crippen LogP contribution in [0.1, 0.15) is 33.1 Å². The van der Waals surface area contributed by atoms with Crippen molar-refractivity contribution in [1.29, 1.82) is 0 Å². The Kier molecular flexibility index (Phi) is 6.71. The van der Waals surface area contributed by atoms with Gasteiger partial charge in [-0.25, -0.2) is 8.42 Å². The highest BCUT2D eigenvalue weighted by Crippen LogP contribution is 2.33. The zero-order valence-corrected chi connectivity index (χ0v) is 15.8. The summed E-state index contributed by atoms with van der Waals surface area (Å²) in [5.41, 5.74) is 5.73. The van der Waals surface area contributed by atoms with E-state index in [2.05, 4.69) is 5.32 Å². The van der Waals surface area contributed by atoms with Crippen molar-refractivity contribution in [3.05, 3.63) is 24.3 Å². The predicted octanol–water partition coefficient (Wildman–Crippen LogP) is 2.20. The Bertz CT molecular complexity index is 672. The van der Waals surface area contributed by atoms with E-state index in [1.807, 2.05) is 6.92 Å². The maximum absolute atomic E-state index is 12.4. The highest BCUT2D eigenvalue weighted by Gasteiger charge is 2.32. The van der Waals surface area contributed by atoms with E-state index in [-0.39, 0.29) is 23.0 Å². The maximum atomic E-state index is 12.4. The SMILES string of the molecule is CCCS(=O)(=O)c1ccccc1SC(C)C(=O)NC(CN)C1CC1. The van der Waals surface area contributed by atoms with Crippen LogP contribution < -0.4 is 11.1 Å². The van der Waals surface area contributed by atoms with Gasteiger partial charge in [0.2, 0.25) is 5.91 Å². The number of sulfone groups is 1. The monoisotopic (exact) mass is 370 g/mol. The molecule has 134 valence electrons. The zero-order valence-electron chi connectivity index (χ0n) is 14.2. The van der Waals surface area contributed by atoms with E-state index < -0.39 is 9.84 Å². The van der Waals surface area contributed by atoms with Crippen LogP contribution in [0, 0.1) is 5.92 Å². The molecule has 3 N–H and O–H groups in total. The van der Waals surface area contributed by atoms with E-state index in [0.29, 0.717) is 28.7 Å². The quantitative estimate of drug-likeness (QED) is 0.651. The molecule has 2 rings (SSSR count). The minimum Gasteiger partial charge on any atom is -0.351 e. The van der Waals surface area contributed by atoms with Gasteiger partial charge >= 0.3 is 0 Å². The van der Waals surface area contributed by atoms with Gasteiger partial charge in [-0.1, -0.05) is 19.1 Å². The molecule has 7 heteroatoms. The molecule has 2 unspecified atom stereocenters. The number of hydrogen-bond acceptors (Lipinski definition) is 5. The molecular weight excluding hydrogens is 344 g/mol. The van der Waals surface area contributed by atoms with Crippen LogP contribution >= 0.6 is 11.8 Å².